The van der Waals surface area contributed by atoms with E-state index in [-0.39, 0.29) is 0 Å². The molecule has 0 spiro atoms. The Morgan fingerprint density at radius 3 is 2.70 bits per heavy atom. The van der Waals surface area contributed by atoms with Gasteiger partial charge in [0.2, 0.25) is 0 Å². The van der Waals surface area contributed by atoms with Crippen LogP contribution in [0.3, 0.4) is 0 Å². The molecule has 4 rings (SSSR count). The lowest BCUT2D eigenvalue weighted by Gasteiger charge is -2.03. The van der Waals surface area contributed by atoms with Crippen LogP contribution in [0.5, 0.6) is 0 Å². The Hall–Kier alpha value is -2.53. The van der Waals surface area contributed by atoms with Gasteiger partial charge in [0.15, 0.2) is 5.65 Å². The summed E-state index contributed by atoms with van der Waals surface area (Å²) in [5.74, 6) is 0. The van der Waals surface area contributed by atoms with E-state index in [1.807, 2.05) is 30.6 Å². The van der Waals surface area contributed by atoms with Crippen LogP contribution in [0.4, 0.5) is 0 Å². The normalized spacial score (nSPS) is 11.0. The van der Waals surface area contributed by atoms with Crippen molar-refractivity contribution in [1.82, 2.24) is 19.4 Å². The monoisotopic (exact) mass is 278 g/mol. The summed E-state index contributed by atoms with van der Waals surface area (Å²) < 4.78 is 2.07. The SMILES string of the molecule is c1csc(-c2cn3c(-c4ccncc4)cnc3cn2)c1. The van der Waals surface area contributed by atoms with Crippen molar-refractivity contribution in [3.05, 3.63) is 60.6 Å². The summed E-state index contributed by atoms with van der Waals surface area (Å²) in [6.07, 6.45) is 9.28. The van der Waals surface area contributed by atoms with Crippen molar-refractivity contribution < 1.29 is 0 Å². The molecule has 0 fully saturated rings. The Bertz CT molecular complexity index is 850. The molecule has 0 unspecified atom stereocenters. The smallest absolute Gasteiger partial charge is 0.155 e. The molecule has 4 aromatic rings. The molecular formula is C15H10N4S. The van der Waals surface area contributed by atoms with Gasteiger partial charge in [-0.25, -0.2) is 9.97 Å². The molecule has 4 heterocycles. The highest BCUT2D eigenvalue weighted by molar-refractivity contribution is 7.13. The van der Waals surface area contributed by atoms with Gasteiger partial charge in [-0.1, -0.05) is 6.07 Å². The molecule has 0 N–H and O–H groups in total. The van der Waals surface area contributed by atoms with Gasteiger partial charge in [0, 0.05) is 24.2 Å². The van der Waals surface area contributed by atoms with E-state index in [4.69, 9.17) is 0 Å². The van der Waals surface area contributed by atoms with Gasteiger partial charge in [-0.3, -0.25) is 9.38 Å². The Morgan fingerprint density at radius 1 is 1.00 bits per heavy atom. The molecule has 0 aromatic carbocycles. The van der Waals surface area contributed by atoms with Crippen LogP contribution in [-0.2, 0) is 0 Å². The predicted octanol–water partition coefficient (Wildman–Crippen LogP) is 3.52. The number of thiophene rings is 1. The molecule has 0 aliphatic rings. The van der Waals surface area contributed by atoms with E-state index >= 15 is 0 Å². The number of hydrogen-bond acceptors (Lipinski definition) is 4. The molecular weight excluding hydrogens is 268 g/mol. The van der Waals surface area contributed by atoms with E-state index in [1.54, 1.807) is 29.9 Å². The number of hydrogen-bond donors (Lipinski definition) is 0. The first-order chi connectivity index (χ1) is 9.92. The van der Waals surface area contributed by atoms with Crippen LogP contribution in [0.2, 0.25) is 0 Å². The number of rotatable bonds is 2. The largest absolute Gasteiger partial charge is 0.296 e. The quantitative estimate of drug-likeness (QED) is 0.563. The summed E-state index contributed by atoms with van der Waals surface area (Å²) in [6.45, 7) is 0. The first-order valence-corrected chi connectivity index (χ1v) is 7.07. The molecule has 0 saturated carbocycles. The van der Waals surface area contributed by atoms with Crippen LogP contribution in [0.1, 0.15) is 0 Å². The van der Waals surface area contributed by atoms with Crippen molar-refractivity contribution in [2.24, 2.45) is 0 Å². The average Bonchev–Trinajstić information content (AvgIpc) is 3.17. The van der Waals surface area contributed by atoms with E-state index in [0.29, 0.717) is 0 Å². The summed E-state index contributed by atoms with van der Waals surface area (Å²) >= 11 is 1.68. The maximum absolute atomic E-state index is 4.47. The molecule has 96 valence electrons. The Balaban J connectivity index is 1.93. The summed E-state index contributed by atoms with van der Waals surface area (Å²) in [7, 11) is 0. The molecule has 5 heteroatoms. The minimum absolute atomic E-state index is 0.845. The van der Waals surface area contributed by atoms with Crippen LogP contribution in [0.15, 0.2) is 60.6 Å². The fraction of sp³-hybridized carbons (Fsp3) is 0. The number of fused-ring (bicyclic) bond motifs is 1. The fourth-order valence-electron chi connectivity index (χ4n) is 2.18. The van der Waals surface area contributed by atoms with Gasteiger partial charge in [0.1, 0.15) is 0 Å². The number of aromatic nitrogens is 4. The average molecular weight is 278 g/mol. The standard InChI is InChI=1S/C15H10N4S/c1-2-14(20-7-1)12-10-19-13(8-18-15(19)9-17-12)11-3-5-16-6-4-11/h1-10H. The molecule has 0 aliphatic carbocycles. The van der Waals surface area contributed by atoms with Gasteiger partial charge in [-0.2, -0.15) is 0 Å². The number of nitrogens with zero attached hydrogens (tertiary/aromatic N) is 4. The van der Waals surface area contributed by atoms with E-state index in [1.165, 1.54) is 0 Å². The summed E-state index contributed by atoms with van der Waals surface area (Å²) in [4.78, 5) is 14.1. The van der Waals surface area contributed by atoms with Crippen molar-refractivity contribution in [3.8, 4) is 21.8 Å². The third-order valence-corrected chi connectivity index (χ3v) is 4.04. The lowest BCUT2D eigenvalue weighted by Crippen LogP contribution is -1.92. The topological polar surface area (TPSA) is 43.1 Å². The molecule has 0 aliphatic heterocycles. The van der Waals surface area contributed by atoms with Crippen LogP contribution in [0.25, 0.3) is 27.5 Å². The first kappa shape index (κ1) is 11.3. The summed E-state index contributed by atoms with van der Waals surface area (Å²) in [5, 5.41) is 2.05. The van der Waals surface area contributed by atoms with Gasteiger partial charge >= 0.3 is 0 Å². The molecule has 4 aromatic heterocycles. The summed E-state index contributed by atoms with van der Waals surface area (Å²) in [5.41, 5.74) is 3.94. The van der Waals surface area contributed by atoms with Gasteiger partial charge < -0.3 is 0 Å². The molecule has 0 radical (unpaired) electrons. The van der Waals surface area contributed by atoms with Crippen molar-refractivity contribution in [3.63, 3.8) is 0 Å². The van der Waals surface area contributed by atoms with E-state index < -0.39 is 0 Å². The van der Waals surface area contributed by atoms with Crippen molar-refractivity contribution >= 4 is 17.0 Å². The third-order valence-electron chi connectivity index (χ3n) is 3.15. The minimum atomic E-state index is 0.845. The second-order valence-electron chi connectivity index (χ2n) is 4.36. The predicted molar refractivity (Wildman–Crippen MR) is 79.5 cm³/mol. The molecule has 20 heavy (non-hydrogen) atoms. The molecule has 0 bridgehead atoms. The highest BCUT2D eigenvalue weighted by Crippen LogP contribution is 2.25. The summed E-state index contributed by atoms with van der Waals surface area (Å²) in [6, 6.07) is 8.06. The van der Waals surface area contributed by atoms with Crippen molar-refractivity contribution in [2.45, 2.75) is 0 Å². The molecule has 0 amide bonds. The van der Waals surface area contributed by atoms with Gasteiger partial charge in [-0.05, 0) is 23.6 Å². The van der Waals surface area contributed by atoms with Crippen molar-refractivity contribution in [1.29, 1.82) is 0 Å². The zero-order valence-electron chi connectivity index (χ0n) is 10.5. The Morgan fingerprint density at radius 2 is 1.90 bits per heavy atom. The van der Waals surface area contributed by atoms with E-state index in [9.17, 15) is 0 Å². The molecule has 4 nitrogen and oxygen atoms in total. The van der Waals surface area contributed by atoms with Gasteiger partial charge in [-0.15, -0.1) is 11.3 Å². The zero-order valence-corrected chi connectivity index (χ0v) is 11.3. The van der Waals surface area contributed by atoms with Crippen LogP contribution >= 0.6 is 11.3 Å². The van der Waals surface area contributed by atoms with E-state index in [2.05, 4.69) is 30.8 Å². The van der Waals surface area contributed by atoms with Crippen molar-refractivity contribution in [2.75, 3.05) is 0 Å². The second-order valence-corrected chi connectivity index (χ2v) is 5.31. The highest BCUT2D eigenvalue weighted by atomic mass is 32.1. The lowest BCUT2D eigenvalue weighted by molar-refractivity contribution is 1.14. The van der Waals surface area contributed by atoms with E-state index in [0.717, 1.165) is 27.5 Å². The first-order valence-electron chi connectivity index (χ1n) is 6.19. The van der Waals surface area contributed by atoms with Crippen LogP contribution in [0, 0.1) is 0 Å². The zero-order chi connectivity index (χ0) is 13.4. The molecule has 0 atom stereocenters. The maximum atomic E-state index is 4.47. The fourth-order valence-corrected chi connectivity index (χ4v) is 2.86. The van der Waals surface area contributed by atoms with Crippen LogP contribution < -0.4 is 0 Å². The minimum Gasteiger partial charge on any atom is -0.296 e. The lowest BCUT2D eigenvalue weighted by atomic mass is 10.2. The Labute approximate surface area is 119 Å². The number of pyridine rings is 1. The van der Waals surface area contributed by atoms with Gasteiger partial charge in [0.25, 0.3) is 0 Å². The maximum Gasteiger partial charge on any atom is 0.155 e. The third kappa shape index (κ3) is 1.80. The van der Waals surface area contributed by atoms with Crippen LogP contribution in [-0.4, -0.2) is 19.4 Å². The highest BCUT2D eigenvalue weighted by Gasteiger charge is 2.08. The van der Waals surface area contributed by atoms with Gasteiger partial charge in [0.05, 0.1) is 28.7 Å². The second kappa shape index (κ2) is 4.54. The number of imidazole rings is 1. The Kier molecular flexibility index (Phi) is 2.57. The molecule has 0 saturated heterocycles.